The van der Waals surface area contributed by atoms with Crippen molar-refractivity contribution in [3.63, 3.8) is 0 Å². The number of hydrogen-bond donors (Lipinski definition) is 2. The van der Waals surface area contributed by atoms with Crippen LogP contribution in [0.15, 0.2) is 42.5 Å². The molecule has 0 spiro atoms. The van der Waals surface area contributed by atoms with E-state index in [0.29, 0.717) is 63.6 Å². The number of carbonyl (C=O) groups is 2. The van der Waals surface area contributed by atoms with Crippen molar-refractivity contribution in [1.82, 2.24) is 10.2 Å². The third-order valence-electron chi connectivity index (χ3n) is 9.63. The van der Waals surface area contributed by atoms with Gasteiger partial charge in [0.15, 0.2) is 0 Å². The molecule has 3 fully saturated rings. The lowest BCUT2D eigenvalue weighted by Gasteiger charge is -2.38. The minimum atomic E-state index is -4.47. The highest BCUT2D eigenvalue weighted by atomic mass is 19.4. The molecule has 2 aromatic carbocycles. The van der Waals surface area contributed by atoms with Gasteiger partial charge in [-0.25, -0.2) is 0 Å². The van der Waals surface area contributed by atoms with Gasteiger partial charge in [-0.05, 0) is 85.9 Å². The zero-order valence-corrected chi connectivity index (χ0v) is 25.1. The fourth-order valence-corrected chi connectivity index (χ4v) is 6.96. The van der Waals surface area contributed by atoms with Crippen molar-refractivity contribution >= 4 is 17.6 Å². The Balaban J connectivity index is 1.33. The van der Waals surface area contributed by atoms with Crippen LogP contribution in [0, 0.1) is 11.8 Å². The van der Waals surface area contributed by atoms with Crippen LogP contribution in [-0.2, 0) is 21.2 Å². The number of carboxylic acids is 1. The summed E-state index contributed by atoms with van der Waals surface area (Å²) in [7, 11) is 1.62. The van der Waals surface area contributed by atoms with Crippen LogP contribution in [0.3, 0.4) is 0 Å². The summed E-state index contributed by atoms with van der Waals surface area (Å²) in [5, 5.41) is 12.9. The number of halogens is 3. The summed E-state index contributed by atoms with van der Waals surface area (Å²) in [6.07, 6.45) is -1.58. The number of likely N-dealkylation sites (tertiary alicyclic amines) is 1. The molecule has 2 saturated heterocycles. The van der Waals surface area contributed by atoms with E-state index in [0.717, 1.165) is 35.9 Å². The van der Waals surface area contributed by atoms with Gasteiger partial charge in [0, 0.05) is 37.9 Å². The number of anilines is 1. The average Bonchev–Trinajstić information content (AvgIpc) is 3.74. The predicted molar refractivity (Wildman–Crippen MR) is 158 cm³/mol. The first-order valence-corrected chi connectivity index (χ1v) is 15.3. The van der Waals surface area contributed by atoms with Gasteiger partial charge in [0.25, 0.3) is 0 Å². The quantitative estimate of drug-likeness (QED) is 0.385. The molecule has 1 aliphatic carbocycles. The number of carbonyl (C=O) groups excluding carboxylic acids is 1. The second-order valence-corrected chi connectivity index (χ2v) is 12.6. The maximum absolute atomic E-state index is 14.2. The van der Waals surface area contributed by atoms with Crippen LogP contribution < -0.4 is 15.0 Å². The second-order valence-electron chi connectivity index (χ2n) is 12.6. The van der Waals surface area contributed by atoms with Gasteiger partial charge < -0.3 is 25.0 Å². The average molecular weight is 602 g/mol. The topological polar surface area (TPSA) is 82.1 Å². The summed E-state index contributed by atoms with van der Waals surface area (Å²) < 4.78 is 46.4. The molecule has 0 radical (unpaired) electrons. The SMILES string of the molecule is COc1ccc(C2(C(=O)N3CCC(c4ccc(C(F)(F)F)cc4N4CCC(C(=O)O)CC4)CC3)CC2CNC(C)C)cc1. The molecule has 3 aliphatic rings. The Morgan fingerprint density at radius 1 is 1.02 bits per heavy atom. The van der Waals surface area contributed by atoms with Gasteiger partial charge in [0.05, 0.1) is 24.0 Å². The second kappa shape index (κ2) is 12.4. The van der Waals surface area contributed by atoms with Gasteiger partial charge in [-0.15, -0.1) is 0 Å². The molecule has 10 heteroatoms. The number of carboxylic acid groups (broad SMARTS) is 1. The van der Waals surface area contributed by atoms with E-state index in [1.54, 1.807) is 13.2 Å². The van der Waals surface area contributed by atoms with Crippen molar-refractivity contribution in [1.29, 1.82) is 0 Å². The predicted octanol–water partition coefficient (Wildman–Crippen LogP) is 5.68. The molecular formula is C33H42F3N3O4. The number of methoxy groups -OCH3 is 1. The number of nitrogens with one attached hydrogen (secondary N) is 1. The summed E-state index contributed by atoms with van der Waals surface area (Å²) in [4.78, 5) is 29.5. The van der Waals surface area contributed by atoms with E-state index in [-0.39, 0.29) is 17.7 Å². The first-order chi connectivity index (χ1) is 20.4. The van der Waals surface area contributed by atoms with Gasteiger partial charge in [0.2, 0.25) is 5.91 Å². The molecule has 1 amide bonds. The van der Waals surface area contributed by atoms with Crippen molar-refractivity contribution in [2.45, 2.75) is 69.5 Å². The summed E-state index contributed by atoms with van der Waals surface area (Å²) in [6, 6.07) is 12.0. The van der Waals surface area contributed by atoms with Crippen LogP contribution in [-0.4, -0.2) is 67.8 Å². The Kier molecular flexibility index (Phi) is 8.97. The maximum Gasteiger partial charge on any atom is 0.416 e. The molecule has 0 aromatic heterocycles. The van der Waals surface area contributed by atoms with Gasteiger partial charge in [-0.2, -0.15) is 13.2 Å². The van der Waals surface area contributed by atoms with Crippen LogP contribution in [0.5, 0.6) is 5.75 Å². The Bertz CT molecular complexity index is 1300. The number of ether oxygens (including phenoxy) is 1. The molecule has 2 aromatic rings. The van der Waals surface area contributed by atoms with E-state index in [9.17, 15) is 27.9 Å². The summed E-state index contributed by atoms with van der Waals surface area (Å²) in [5.41, 5.74) is 1.10. The molecular weight excluding hydrogens is 559 g/mol. The van der Waals surface area contributed by atoms with Crippen molar-refractivity contribution in [3.05, 3.63) is 59.2 Å². The Morgan fingerprint density at radius 2 is 1.67 bits per heavy atom. The Morgan fingerprint density at radius 3 is 2.23 bits per heavy atom. The number of aliphatic carboxylic acids is 1. The largest absolute Gasteiger partial charge is 0.497 e. The van der Waals surface area contributed by atoms with Gasteiger partial charge in [0.1, 0.15) is 5.75 Å². The van der Waals surface area contributed by atoms with Crippen LogP contribution in [0.1, 0.15) is 68.6 Å². The van der Waals surface area contributed by atoms with Crippen molar-refractivity contribution in [2.24, 2.45) is 11.8 Å². The standard InChI is InChI=1S/C33H42F3N3O4/c1-21(2)37-20-26-19-32(26,24-4-7-27(43-3)8-5-24)31(42)39-16-10-22(11-17-39)28-9-6-25(33(34,35)36)18-29(28)38-14-12-23(13-15-38)30(40)41/h4-9,18,21-23,26,37H,10-17,19-20H2,1-3H3,(H,40,41). The van der Waals surface area contributed by atoms with E-state index in [1.165, 1.54) is 6.07 Å². The minimum Gasteiger partial charge on any atom is -0.497 e. The molecule has 1 saturated carbocycles. The fraction of sp³-hybridized carbons (Fsp3) is 0.576. The molecule has 43 heavy (non-hydrogen) atoms. The number of amides is 1. The zero-order chi connectivity index (χ0) is 30.9. The van der Waals surface area contributed by atoms with E-state index < -0.39 is 29.0 Å². The minimum absolute atomic E-state index is 0.00748. The highest BCUT2D eigenvalue weighted by molar-refractivity contribution is 5.92. The van der Waals surface area contributed by atoms with Crippen LogP contribution in [0.25, 0.3) is 0 Å². The highest BCUT2D eigenvalue weighted by Gasteiger charge is 2.61. The van der Waals surface area contributed by atoms with E-state index in [4.69, 9.17) is 4.74 Å². The molecule has 5 rings (SSSR count). The molecule has 2 atom stereocenters. The lowest BCUT2D eigenvalue weighted by Crippen LogP contribution is -2.45. The third-order valence-corrected chi connectivity index (χ3v) is 9.63. The Labute approximate surface area is 251 Å². The van der Waals surface area contributed by atoms with Crippen molar-refractivity contribution in [3.8, 4) is 5.75 Å². The smallest absolute Gasteiger partial charge is 0.416 e. The number of benzene rings is 2. The molecule has 2 aliphatic heterocycles. The maximum atomic E-state index is 14.2. The van der Waals surface area contributed by atoms with Gasteiger partial charge in [-0.1, -0.05) is 32.0 Å². The zero-order valence-electron chi connectivity index (χ0n) is 25.1. The van der Waals surface area contributed by atoms with Gasteiger partial charge >= 0.3 is 12.1 Å². The van der Waals surface area contributed by atoms with Crippen molar-refractivity contribution in [2.75, 3.05) is 44.7 Å². The molecule has 234 valence electrons. The number of piperidine rings is 2. The Hall–Kier alpha value is -3.27. The molecule has 0 bridgehead atoms. The number of alkyl halides is 3. The fourth-order valence-electron chi connectivity index (χ4n) is 6.96. The summed E-state index contributed by atoms with van der Waals surface area (Å²) in [6.45, 7) is 6.80. The number of nitrogens with zero attached hydrogens (tertiary/aromatic N) is 2. The monoisotopic (exact) mass is 601 g/mol. The third kappa shape index (κ3) is 6.49. The number of rotatable bonds is 9. The summed E-state index contributed by atoms with van der Waals surface area (Å²) in [5.74, 6) is -0.276. The van der Waals surface area contributed by atoms with E-state index in [1.807, 2.05) is 34.1 Å². The highest BCUT2D eigenvalue weighted by Crippen LogP contribution is 2.56. The van der Waals surface area contributed by atoms with Crippen LogP contribution >= 0.6 is 0 Å². The lowest BCUT2D eigenvalue weighted by atomic mass is 9.85. The number of hydrogen-bond acceptors (Lipinski definition) is 5. The molecule has 2 unspecified atom stereocenters. The molecule has 7 nitrogen and oxygen atoms in total. The first-order valence-electron chi connectivity index (χ1n) is 15.3. The van der Waals surface area contributed by atoms with Crippen LogP contribution in [0.2, 0.25) is 0 Å². The normalized spacial score (nSPS) is 23.5. The van der Waals surface area contributed by atoms with E-state index >= 15 is 0 Å². The first kappa shape index (κ1) is 31.2. The summed E-state index contributed by atoms with van der Waals surface area (Å²) >= 11 is 0. The van der Waals surface area contributed by atoms with E-state index in [2.05, 4.69) is 19.2 Å². The van der Waals surface area contributed by atoms with Crippen LogP contribution in [0.4, 0.5) is 18.9 Å². The lowest BCUT2D eigenvalue weighted by molar-refractivity contribution is -0.142. The van der Waals surface area contributed by atoms with Gasteiger partial charge in [-0.3, -0.25) is 9.59 Å². The van der Waals surface area contributed by atoms with Crippen molar-refractivity contribution < 1.29 is 32.6 Å². The molecule has 2 N–H and O–H groups in total. The molecule has 2 heterocycles.